The van der Waals surface area contributed by atoms with Crippen molar-refractivity contribution in [2.75, 3.05) is 5.73 Å². The van der Waals surface area contributed by atoms with Crippen molar-refractivity contribution in [3.63, 3.8) is 0 Å². The lowest BCUT2D eigenvalue weighted by Gasteiger charge is -2.29. The van der Waals surface area contributed by atoms with Crippen LogP contribution in [0.15, 0.2) is 36.0 Å². The number of nitrogens with zero attached hydrogens (tertiary/aromatic N) is 4. The molecule has 1 aliphatic rings. The lowest BCUT2D eigenvalue weighted by Crippen LogP contribution is -2.43. The third kappa shape index (κ3) is 2.09. The maximum absolute atomic E-state index is 13.7. The number of oxime groups is 1. The third-order valence-electron chi connectivity index (χ3n) is 3.59. The van der Waals surface area contributed by atoms with E-state index in [1.807, 2.05) is 0 Å². The first-order valence-corrected chi connectivity index (χ1v) is 6.37. The summed E-state index contributed by atoms with van der Waals surface area (Å²) in [7, 11) is 0. The van der Waals surface area contributed by atoms with Gasteiger partial charge in [0.2, 0.25) is 0 Å². The first kappa shape index (κ1) is 14.4. The van der Waals surface area contributed by atoms with Crippen molar-refractivity contribution in [2.24, 2.45) is 5.16 Å². The number of anilines is 1. The summed E-state index contributed by atoms with van der Waals surface area (Å²) in [6.07, 6.45) is -2.67. The second kappa shape index (κ2) is 4.72. The molecule has 9 heteroatoms. The second-order valence-corrected chi connectivity index (χ2v) is 5.01. The summed E-state index contributed by atoms with van der Waals surface area (Å²) >= 11 is 0. The highest BCUT2D eigenvalue weighted by Gasteiger charge is 2.62. The predicted octanol–water partition coefficient (Wildman–Crippen LogP) is 2.21. The fourth-order valence-electron chi connectivity index (χ4n) is 2.28. The minimum Gasteiger partial charge on any atom is -0.399 e. The average molecular weight is 311 g/mol. The van der Waals surface area contributed by atoms with Crippen LogP contribution in [0.1, 0.15) is 17.5 Å². The predicted molar refractivity (Wildman–Crippen MR) is 71.9 cm³/mol. The molecular weight excluding hydrogens is 299 g/mol. The third-order valence-corrected chi connectivity index (χ3v) is 3.59. The summed E-state index contributed by atoms with van der Waals surface area (Å²) in [5.41, 5.74) is 4.03. The normalized spacial score (nSPS) is 21.5. The standard InChI is InChI=1S/C13H12F3N5O/c1-8-4-9(2-3-10(8)17)12(13(14,15)16)5-11(20-22-12)21-7-18-6-19-21/h2-4,6-7H,5,17H2,1H3. The van der Waals surface area contributed by atoms with E-state index in [0.29, 0.717) is 11.3 Å². The Morgan fingerprint density at radius 2 is 2.14 bits per heavy atom. The zero-order valence-corrected chi connectivity index (χ0v) is 11.5. The van der Waals surface area contributed by atoms with Gasteiger partial charge in [-0.15, -0.1) is 0 Å². The molecule has 1 aromatic heterocycles. The summed E-state index contributed by atoms with van der Waals surface area (Å²) in [6, 6.07) is 4.09. The molecule has 0 saturated heterocycles. The van der Waals surface area contributed by atoms with Gasteiger partial charge in [-0.25, -0.2) is 9.67 Å². The Labute approximate surface area is 123 Å². The van der Waals surface area contributed by atoms with Crippen LogP contribution < -0.4 is 5.73 Å². The van der Waals surface area contributed by atoms with Gasteiger partial charge in [0.15, 0.2) is 5.84 Å². The van der Waals surface area contributed by atoms with Gasteiger partial charge in [-0.05, 0) is 24.6 Å². The molecule has 2 N–H and O–H groups in total. The molecule has 1 aromatic carbocycles. The van der Waals surface area contributed by atoms with E-state index in [1.165, 1.54) is 30.9 Å². The highest BCUT2D eigenvalue weighted by Crippen LogP contribution is 2.48. The van der Waals surface area contributed by atoms with E-state index in [1.54, 1.807) is 6.92 Å². The summed E-state index contributed by atoms with van der Waals surface area (Å²) < 4.78 is 42.2. The fourth-order valence-corrected chi connectivity index (χ4v) is 2.28. The number of alkyl halides is 3. The van der Waals surface area contributed by atoms with Crippen LogP contribution in [0.2, 0.25) is 0 Å². The van der Waals surface area contributed by atoms with Gasteiger partial charge in [0.1, 0.15) is 12.7 Å². The molecular formula is C13H12F3N5O. The maximum atomic E-state index is 13.7. The number of rotatable bonds is 1. The molecule has 0 bridgehead atoms. The van der Waals surface area contributed by atoms with E-state index in [-0.39, 0.29) is 11.4 Å². The molecule has 3 rings (SSSR count). The van der Waals surface area contributed by atoms with Gasteiger partial charge < -0.3 is 10.6 Å². The van der Waals surface area contributed by atoms with Gasteiger partial charge in [0, 0.05) is 11.3 Å². The molecule has 2 aromatic rings. The lowest BCUT2D eigenvalue weighted by molar-refractivity contribution is -0.275. The Hall–Kier alpha value is -2.58. The zero-order chi connectivity index (χ0) is 16.0. The van der Waals surface area contributed by atoms with E-state index in [4.69, 9.17) is 10.6 Å². The highest BCUT2D eigenvalue weighted by atomic mass is 19.4. The number of halogens is 3. The smallest absolute Gasteiger partial charge is 0.399 e. The van der Waals surface area contributed by atoms with Gasteiger partial charge in [-0.1, -0.05) is 11.2 Å². The Bertz CT molecular complexity index is 726. The molecule has 22 heavy (non-hydrogen) atoms. The maximum Gasteiger partial charge on any atom is 0.435 e. The molecule has 2 heterocycles. The molecule has 6 nitrogen and oxygen atoms in total. The van der Waals surface area contributed by atoms with Crippen LogP contribution in [-0.2, 0) is 10.4 Å². The number of nitrogens with two attached hydrogens (primary N) is 1. The van der Waals surface area contributed by atoms with Gasteiger partial charge in [-0.2, -0.15) is 18.3 Å². The number of nitrogen functional groups attached to an aromatic ring is 1. The topological polar surface area (TPSA) is 78.3 Å². The van der Waals surface area contributed by atoms with Crippen molar-refractivity contribution in [3.8, 4) is 0 Å². The molecule has 0 saturated carbocycles. The summed E-state index contributed by atoms with van der Waals surface area (Å²) in [6.45, 7) is 1.64. The van der Waals surface area contributed by atoms with Crippen molar-refractivity contribution < 1.29 is 18.0 Å². The number of hydrogen-bond donors (Lipinski definition) is 1. The summed E-state index contributed by atoms with van der Waals surface area (Å²) in [4.78, 5) is 8.55. The van der Waals surface area contributed by atoms with Gasteiger partial charge >= 0.3 is 6.18 Å². The SMILES string of the molecule is Cc1cc(C2(C(F)(F)F)CC(n3cncn3)=NO2)ccc1N. The van der Waals surface area contributed by atoms with E-state index >= 15 is 0 Å². The van der Waals surface area contributed by atoms with E-state index < -0.39 is 18.2 Å². The number of benzene rings is 1. The Kier molecular flexibility index (Phi) is 3.08. The molecule has 0 radical (unpaired) electrons. The minimum atomic E-state index is -4.65. The zero-order valence-electron chi connectivity index (χ0n) is 11.5. The van der Waals surface area contributed by atoms with Crippen molar-refractivity contribution in [1.29, 1.82) is 0 Å². The monoisotopic (exact) mass is 311 g/mol. The molecule has 0 aliphatic carbocycles. The van der Waals surface area contributed by atoms with Gasteiger partial charge in [0.25, 0.3) is 5.60 Å². The first-order chi connectivity index (χ1) is 10.3. The van der Waals surface area contributed by atoms with Crippen molar-refractivity contribution in [3.05, 3.63) is 42.0 Å². The van der Waals surface area contributed by atoms with Crippen molar-refractivity contribution >= 4 is 11.5 Å². The summed E-state index contributed by atoms with van der Waals surface area (Å²) in [5.74, 6) is 0.0318. The Morgan fingerprint density at radius 3 is 2.73 bits per heavy atom. The van der Waals surface area contributed by atoms with Crippen LogP contribution in [0, 0.1) is 6.92 Å². The molecule has 0 spiro atoms. The Morgan fingerprint density at radius 1 is 1.36 bits per heavy atom. The Balaban J connectivity index is 2.04. The molecule has 1 atom stereocenters. The molecule has 116 valence electrons. The molecule has 1 unspecified atom stereocenters. The van der Waals surface area contributed by atoms with Gasteiger partial charge in [0.05, 0.1) is 6.42 Å². The van der Waals surface area contributed by atoms with E-state index in [9.17, 15) is 13.2 Å². The lowest BCUT2D eigenvalue weighted by atomic mass is 9.88. The number of aryl methyl sites for hydroxylation is 1. The molecule has 1 aliphatic heterocycles. The van der Waals surface area contributed by atoms with Crippen molar-refractivity contribution in [1.82, 2.24) is 14.8 Å². The molecule has 0 amide bonds. The second-order valence-electron chi connectivity index (χ2n) is 5.01. The van der Waals surface area contributed by atoms with Crippen LogP contribution in [0.25, 0.3) is 0 Å². The van der Waals surface area contributed by atoms with Gasteiger partial charge in [-0.3, -0.25) is 0 Å². The van der Waals surface area contributed by atoms with Crippen LogP contribution in [-0.4, -0.2) is 26.8 Å². The first-order valence-electron chi connectivity index (χ1n) is 6.37. The molecule has 0 fully saturated rings. The minimum absolute atomic E-state index is 0.0318. The van der Waals surface area contributed by atoms with Crippen LogP contribution >= 0.6 is 0 Å². The van der Waals surface area contributed by atoms with E-state index in [2.05, 4.69) is 15.2 Å². The average Bonchev–Trinajstić information content (AvgIpc) is 3.09. The number of hydrogen-bond acceptors (Lipinski definition) is 5. The quantitative estimate of drug-likeness (QED) is 0.819. The van der Waals surface area contributed by atoms with E-state index in [0.717, 1.165) is 4.68 Å². The highest BCUT2D eigenvalue weighted by molar-refractivity contribution is 5.85. The fraction of sp³-hybridized carbons (Fsp3) is 0.308. The van der Waals surface area contributed by atoms with Crippen molar-refractivity contribution in [2.45, 2.75) is 25.1 Å². The van der Waals surface area contributed by atoms with Crippen LogP contribution in [0.5, 0.6) is 0 Å². The largest absolute Gasteiger partial charge is 0.435 e. The van der Waals surface area contributed by atoms with Crippen LogP contribution in [0.3, 0.4) is 0 Å². The summed E-state index contributed by atoms with van der Waals surface area (Å²) in [5, 5.41) is 7.33. The van der Waals surface area contributed by atoms with Crippen LogP contribution in [0.4, 0.5) is 18.9 Å². The number of aromatic nitrogens is 3.